The fourth-order valence-corrected chi connectivity index (χ4v) is 6.72. The molecule has 0 spiro atoms. The molecule has 5 fully saturated rings. The second-order valence-corrected chi connectivity index (χ2v) is 9.29. The van der Waals surface area contributed by atoms with E-state index in [2.05, 4.69) is 28.2 Å². The summed E-state index contributed by atoms with van der Waals surface area (Å²) in [5.41, 5.74) is 12.6. The Morgan fingerprint density at radius 3 is 2.24 bits per heavy atom. The maximum atomic E-state index is 6.98. The third kappa shape index (κ3) is 2.65. The summed E-state index contributed by atoms with van der Waals surface area (Å²) in [5, 5.41) is 3.29. The van der Waals surface area contributed by atoms with E-state index < -0.39 is 5.66 Å². The Morgan fingerprint density at radius 2 is 1.64 bits per heavy atom. The van der Waals surface area contributed by atoms with E-state index in [1.54, 1.807) is 0 Å². The number of nitrogens with one attached hydrogen (secondary N) is 1. The van der Waals surface area contributed by atoms with Crippen LogP contribution in [0, 0.1) is 29.6 Å². The second kappa shape index (κ2) is 5.61. The zero-order valence-electron chi connectivity index (χ0n) is 15.3. The van der Waals surface area contributed by atoms with E-state index in [9.17, 15) is 0 Å². The first kappa shape index (κ1) is 15.9. The van der Waals surface area contributed by atoms with Crippen LogP contribution in [0.4, 0.5) is 0 Å². The zero-order valence-corrected chi connectivity index (χ0v) is 15.3. The Labute approximate surface area is 150 Å². The topological polar surface area (TPSA) is 82.9 Å². The number of hydrogen-bond acceptors (Lipinski definition) is 6. The highest BCUT2D eigenvalue weighted by Gasteiger charge is 2.55. The lowest BCUT2D eigenvalue weighted by Gasteiger charge is -2.58. The zero-order chi connectivity index (χ0) is 17.2. The fourth-order valence-electron chi connectivity index (χ4n) is 6.72. The summed E-state index contributed by atoms with van der Waals surface area (Å²) in [7, 11) is 2.18. The fraction of sp³-hybridized carbons (Fsp3) is 0.842. The number of piperazine rings is 1. The summed E-state index contributed by atoms with van der Waals surface area (Å²) >= 11 is 0. The number of guanidine groups is 1. The number of nitrogens with zero attached hydrogens (tertiary/aromatic N) is 3. The summed E-state index contributed by atoms with van der Waals surface area (Å²) in [5.74, 6) is 5.41. The maximum absolute atomic E-state index is 6.98. The van der Waals surface area contributed by atoms with Crippen LogP contribution in [-0.2, 0) is 0 Å². The van der Waals surface area contributed by atoms with Crippen molar-refractivity contribution in [1.29, 1.82) is 0 Å². The summed E-state index contributed by atoms with van der Waals surface area (Å²) < 4.78 is 0. The van der Waals surface area contributed by atoms with Gasteiger partial charge in [-0.15, -0.1) is 0 Å². The van der Waals surface area contributed by atoms with Crippen LogP contribution in [0.2, 0.25) is 0 Å². The molecular formula is C19H32N6. The third-order valence-electron chi connectivity index (χ3n) is 7.54. The number of hydrogen-bond donors (Lipinski definition) is 3. The van der Waals surface area contributed by atoms with E-state index in [4.69, 9.17) is 16.5 Å². The molecule has 5 N–H and O–H groups in total. The molecule has 2 heterocycles. The third-order valence-corrected chi connectivity index (χ3v) is 7.54. The summed E-state index contributed by atoms with van der Waals surface area (Å²) in [6.45, 7) is 4.18. The van der Waals surface area contributed by atoms with Gasteiger partial charge in [-0.3, -0.25) is 0 Å². The highest BCUT2D eigenvalue weighted by Crippen LogP contribution is 2.59. The molecule has 2 aliphatic heterocycles. The molecule has 1 unspecified atom stereocenters. The Morgan fingerprint density at radius 1 is 1.04 bits per heavy atom. The van der Waals surface area contributed by atoms with Crippen LogP contribution in [-0.4, -0.2) is 54.6 Å². The van der Waals surface area contributed by atoms with Gasteiger partial charge in [0.1, 0.15) is 11.5 Å². The molecule has 4 aliphatic carbocycles. The predicted octanol–water partition coefficient (Wildman–Crippen LogP) is 0.720. The molecule has 4 saturated carbocycles. The summed E-state index contributed by atoms with van der Waals surface area (Å²) in [4.78, 5) is 9.52. The van der Waals surface area contributed by atoms with Gasteiger partial charge < -0.3 is 26.6 Å². The first-order valence-electron chi connectivity index (χ1n) is 10.1. The lowest BCUT2D eigenvalue weighted by Crippen LogP contribution is -2.61. The van der Waals surface area contributed by atoms with Crippen molar-refractivity contribution in [3.8, 4) is 0 Å². The van der Waals surface area contributed by atoms with Crippen molar-refractivity contribution in [3.63, 3.8) is 0 Å². The van der Waals surface area contributed by atoms with E-state index in [1.807, 2.05) is 0 Å². The average Bonchev–Trinajstić information content (AvgIpc) is 2.53. The van der Waals surface area contributed by atoms with E-state index in [1.165, 1.54) is 32.1 Å². The van der Waals surface area contributed by atoms with Crippen molar-refractivity contribution in [2.45, 2.75) is 37.8 Å². The number of nitrogens with two attached hydrogens (primary N) is 2. The molecule has 1 atom stereocenters. The molecule has 6 nitrogen and oxygen atoms in total. The molecule has 6 aliphatic rings. The van der Waals surface area contributed by atoms with Crippen LogP contribution in [0.5, 0.6) is 0 Å². The maximum Gasteiger partial charge on any atom is 0.196 e. The normalized spacial score (nSPS) is 46.6. The van der Waals surface area contributed by atoms with Crippen molar-refractivity contribution in [2.24, 2.45) is 46.0 Å². The molecule has 25 heavy (non-hydrogen) atoms. The molecule has 0 aromatic carbocycles. The van der Waals surface area contributed by atoms with E-state index in [0.717, 1.165) is 55.7 Å². The Bertz CT molecular complexity index is 577. The molecule has 0 aromatic rings. The lowest BCUT2D eigenvalue weighted by atomic mass is 9.49. The van der Waals surface area contributed by atoms with E-state index >= 15 is 0 Å². The molecule has 4 bridgehead atoms. The van der Waals surface area contributed by atoms with Gasteiger partial charge in [0.2, 0.25) is 0 Å². The number of rotatable bonds is 2. The molecule has 0 radical (unpaired) electrons. The van der Waals surface area contributed by atoms with Crippen LogP contribution in [0.3, 0.4) is 0 Å². The second-order valence-electron chi connectivity index (χ2n) is 9.29. The molecule has 1 saturated heterocycles. The van der Waals surface area contributed by atoms with Gasteiger partial charge in [-0.1, -0.05) is 0 Å². The standard InChI is InChI=1S/C19H32N6/c1-24-2-4-25(5-3-24)16-11-19(21,23-18(20)22-16)17-14-7-12-6-13(9-14)10-15(17)8-12/h11-15,17H,2-10,21H2,1H3,(H3,20,22,23). The average molecular weight is 345 g/mol. The monoisotopic (exact) mass is 344 g/mol. The van der Waals surface area contributed by atoms with Crippen LogP contribution in [0.25, 0.3) is 0 Å². The Balaban J connectivity index is 1.43. The van der Waals surface area contributed by atoms with Gasteiger partial charge >= 0.3 is 0 Å². The molecule has 138 valence electrons. The van der Waals surface area contributed by atoms with Crippen molar-refractivity contribution >= 4 is 5.96 Å². The predicted molar refractivity (Wildman–Crippen MR) is 99.4 cm³/mol. The van der Waals surface area contributed by atoms with Crippen LogP contribution >= 0.6 is 0 Å². The smallest absolute Gasteiger partial charge is 0.196 e. The van der Waals surface area contributed by atoms with Crippen LogP contribution < -0.4 is 16.8 Å². The van der Waals surface area contributed by atoms with Crippen molar-refractivity contribution in [3.05, 3.63) is 11.9 Å². The molecule has 6 rings (SSSR count). The molecule has 0 amide bonds. The first-order valence-corrected chi connectivity index (χ1v) is 10.1. The minimum absolute atomic E-state index is 0.461. The quantitative estimate of drug-likeness (QED) is 0.688. The molecule has 6 heteroatoms. The minimum Gasteiger partial charge on any atom is -0.370 e. The Hall–Kier alpha value is -1.27. The molecule has 0 aromatic heterocycles. The van der Waals surface area contributed by atoms with Crippen LogP contribution in [0.1, 0.15) is 32.1 Å². The van der Waals surface area contributed by atoms with Gasteiger partial charge in [0, 0.05) is 32.1 Å². The van der Waals surface area contributed by atoms with Crippen molar-refractivity contribution < 1.29 is 0 Å². The summed E-state index contributed by atoms with van der Waals surface area (Å²) in [6, 6.07) is 0. The van der Waals surface area contributed by atoms with Gasteiger partial charge in [0.05, 0.1) is 0 Å². The van der Waals surface area contributed by atoms with Gasteiger partial charge in [-0.25, -0.2) is 4.99 Å². The van der Waals surface area contributed by atoms with Crippen LogP contribution in [0.15, 0.2) is 16.9 Å². The van der Waals surface area contributed by atoms with Gasteiger partial charge in [-0.2, -0.15) is 0 Å². The van der Waals surface area contributed by atoms with E-state index in [0.29, 0.717) is 11.9 Å². The van der Waals surface area contributed by atoms with Gasteiger partial charge in [0.15, 0.2) is 5.96 Å². The largest absolute Gasteiger partial charge is 0.370 e. The van der Waals surface area contributed by atoms with Gasteiger partial charge in [0.25, 0.3) is 0 Å². The summed E-state index contributed by atoms with van der Waals surface area (Å²) in [6.07, 6.45) is 9.11. The number of likely N-dealkylation sites (N-methyl/N-ethyl adjacent to an activating group) is 1. The Kier molecular flexibility index (Phi) is 3.58. The minimum atomic E-state index is -0.628. The van der Waals surface area contributed by atoms with Crippen molar-refractivity contribution in [1.82, 2.24) is 15.1 Å². The van der Waals surface area contributed by atoms with E-state index in [-0.39, 0.29) is 0 Å². The SMILES string of the molecule is CN1CCN(C2=CC(N)(C3C4CC5CC(C4)CC3C5)N=C(N)N2)CC1. The van der Waals surface area contributed by atoms with Crippen molar-refractivity contribution in [2.75, 3.05) is 33.2 Å². The molecular weight excluding hydrogens is 312 g/mol. The highest BCUT2D eigenvalue weighted by molar-refractivity contribution is 5.81. The number of aliphatic imine (C=N–C) groups is 1. The highest BCUT2D eigenvalue weighted by atomic mass is 15.3. The first-order chi connectivity index (χ1) is 12.0. The lowest BCUT2D eigenvalue weighted by molar-refractivity contribution is -0.0595. The van der Waals surface area contributed by atoms with Gasteiger partial charge in [-0.05, 0) is 68.9 Å².